The Kier molecular flexibility index (Phi) is 9.50. The highest BCUT2D eigenvalue weighted by Gasteiger charge is 2.51. The van der Waals surface area contributed by atoms with Crippen LogP contribution in [0.5, 0.6) is 0 Å². The standard InChI is InChI=1S/C17H31N3O11/c1-6(23)19-11-13(26)15(8(5-22)30-16(11)28-2)31-17-14(27)10(20-9(24)3-18)12(25)7(4-21)29-17/h7-8,10-17,21-22,25-27H,3-5,18H2,1-2H3,(H,19,23)(H,20,24)/t7-,8-,10+,11-,12+,13-,14-,15-,16-,17+/m1/s1. The third-order valence-corrected chi connectivity index (χ3v) is 5.14. The number of carbonyl (C=O) groups excluding carboxylic acids is 2. The topological polar surface area (TPSA) is 222 Å². The van der Waals surface area contributed by atoms with Crippen molar-refractivity contribution in [2.75, 3.05) is 26.9 Å². The third kappa shape index (κ3) is 5.87. The summed E-state index contributed by atoms with van der Waals surface area (Å²) in [6, 6.07) is -2.39. The molecule has 2 heterocycles. The van der Waals surface area contributed by atoms with E-state index in [0.717, 1.165) is 0 Å². The fourth-order valence-corrected chi connectivity index (χ4v) is 3.59. The highest BCUT2D eigenvalue weighted by molar-refractivity contribution is 5.78. The molecule has 2 aliphatic rings. The number of rotatable bonds is 8. The van der Waals surface area contributed by atoms with E-state index in [1.54, 1.807) is 0 Å². The molecule has 2 fully saturated rings. The van der Waals surface area contributed by atoms with Crippen molar-refractivity contribution in [3.05, 3.63) is 0 Å². The number of methoxy groups -OCH3 is 1. The Labute approximate surface area is 178 Å². The van der Waals surface area contributed by atoms with Gasteiger partial charge < -0.3 is 60.8 Å². The van der Waals surface area contributed by atoms with Crippen molar-refractivity contribution >= 4 is 11.8 Å². The Bertz CT molecular complexity index is 612. The molecule has 9 N–H and O–H groups in total. The summed E-state index contributed by atoms with van der Waals surface area (Å²) in [5, 5.41) is 55.7. The van der Waals surface area contributed by atoms with Crippen molar-refractivity contribution < 1.29 is 54.1 Å². The zero-order valence-electron chi connectivity index (χ0n) is 17.2. The lowest BCUT2D eigenvalue weighted by atomic mass is 9.94. The van der Waals surface area contributed by atoms with Crippen molar-refractivity contribution in [3.8, 4) is 0 Å². The van der Waals surface area contributed by atoms with E-state index in [2.05, 4.69) is 10.6 Å². The van der Waals surface area contributed by atoms with Gasteiger partial charge >= 0.3 is 0 Å². The number of nitrogens with one attached hydrogen (secondary N) is 2. The number of hydrogen-bond acceptors (Lipinski definition) is 12. The SMILES string of the molecule is CO[C@@H]1O[C@H](CO)[C@@H](O[C@@H]2O[C@H](CO)[C@H](O)[C@H](NC(=O)CN)[C@H]2O)[C@H](O)[C@H]1NC(C)=O. The summed E-state index contributed by atoms with van der Waals surface area (Å²) in [5.74, 6) is -1.17. The van der Waals surface area contributed by atoms with Crippen LogP contribution in [0.25, 0.3) is 0 Å². The van der Waals surface area contributed by atoms with Gasteiger partial charge in [0.2, 0.25) is 11.8 Å². The minimum Gasteiger partial charge on any atom is -0.394 e. The quantitative estimate of drug-likeness (QED) is 0.172. The van der Waals surface area contributed by atoms with Crippen LogP contribution in [0.15, 0.2) is 0 Å². The number of aliphatic hydroxyl groups excluding tert-OH is 5. The molecule has 10 atom stereocenters. The van der Waals surface area contributed by atoms with Crippen LogP contribution < -0.4 is 16.4 Å². The van der Waals surface area contributed by atoms with Crippen molar-refractivity contribution in [2.45, 2.75) is 68.2 Å². The zero-order valence-corrected chi connectivity index (χ0v) is 17.2. The number of carbonyl (C=O) groups is 2. The molecule has 0 saturated carbocycles. The highest BCUT2D eigenvalue weighted by Crippen LogP contribution is 2.29. The van der Waals surface area contributed by atoms with Crippen molar-refractivity contribution in [2.24, 2.45) is 5.73 Å². The molecule has 180 valence electrons. The molecular weight excluding hydrogens is 422 g/mol. The van der Waals surface area contributed by atoms with Crippen LogP contribution in [0.4, 0.5) is 0 Å². The van der Waals surface area contributed by atoms with Crippen LogP contribution in [0.3, 0.4) is 0 Å². The molecule has 2 rings (SSSR count). The van der Waals surface area contributed by atoms with Gasteiger partial charge in [-0.15, -0.1) is 0 Å². The Morgan fingerprint density at radius 3 is 2.06 bits per heavy atom. The van der Waals surface area contributed by atoms with Gasteiger partial charge in [0.25, 0.3) is 0 Å². The molecule has 0 unspecified atom stereocenters. The number of hydrogen-bond donors (Lipinski definition) is 8. The van der Waals surface area contributed by atoms with Crippen LogP contribution in [-0.2, 0) is 28.5 Å². The van der Waals surface area contributed by atoms with E-state index in [1.165, 1.54) is 14.0 Å². The van der Waals surface area contributed by atoms with Gasteiger partial charge in [0.15, 0.2) is 12.6 Å². The van der Waals surface area contributed by atoms with Gasteiger partial charge in [0.05, 0.1) is 25.8 Å². The Morgan fingerprint density at radius 1 is 0.935 bits per heavy atom. The Balaban J connectivity index is 2.25. The first kappa shape index (κ1) is 25.8. The van der Waals surface area contributed by atoms with Gasteiger partial charge in [-0.3, -0.25) is 9.59 Å². The molecule has 0 aromatic heterocycles. The summed E-state index contributed by atoms with van der Waals surface area (Å²) >= 11 is 0. The normalized spacial score (nSPS) is 40.9. The third-order valence-electron chi connectivity index (χ3n) is 5.14. The first-order valence-corrected chi connectivity index (χ1v) is 9.70. The average molecular weight is 453 g/mol. The summed E-state index contributed by atoms with van der Waals surface area (Å²) in [6.07, 6.45) is -11.0. The maximum absolute atomic E-state index is 11.7. The number of ether oxygens (including phenoxy) is 4. The number of aliphatic hydroxyl groups is 5. The molecular formula is C17H31N3O11. The fraction of sp³-hybridized carbons (Fsp3) is 0.882. The molecule has 2 amide bonds. The second kappa shape index (κ2) is 11.4. The van der Waals surface area contributed by atoms with E-state index in [9.17, 15) is 35.1 Å². The second-order valence-corrected chi connectivity index (χ2v) is 7.28. The zero-order chi connectivity index (χ0) is 23.3. The fourth-order valence-electron chi connectivity index (χ4n) is 3.59. The van der Waals surface area contributed by atoms with E-state index >= 15 is 0 Å². The highest BCUT2D eigenvalue weighted by atomic mass is 16.7. The van der Waals surface area contributed by atoms with Crippen molar-refractivity contribution in [1.29, 1.82) is 0 Å². The van der Waals surface area contributed by atoms with Crippen LogP contribution in [-0.4, -0.2) is 126 Å². The first-order valence-electron chi connectivity index (χ1n) is 9.70. The number of nitrogens with two attached hydrogens (primary N) is 1. The molecule has 14 heteroatoms. The van der Waals surface area contributed by atoms with E-state index in [0.29, 0.717) is 0 Å². The molecule has 0 bridgehead atoms. The Hall–Kier alpha value is -1.46. The summed E-state index contributed by atoms with van der Waals surface area (Å²) in [4.78, 5) is 23.2. The molecule has 2 saturated heterocycles. The molecule has 31 heavy (non-hydrogen) atoms. The number of amides is 2. The minimum absolute atomic E-state index is 0.412. The predicted octanol–water partition coefficient (Wildman–Crippen LogP) is -5.52. The monoisotopic (exact) mass is 453 g/mol. The first-order chi connectivity index (χ1) is 14.7. The molecule has 0 aliphatic carbocycles. The average Bonchev–Trinajstić information content (AvgIpc) is 2.75. The van der Waals surface area contributed by atoms with Gasteiger partial charge in [-0.25, -0.2) is 0 Å². The maximum Gasteiger partial charge on any atom is 0.234 e. The minimum atomic E-state index is -1.64. The van der Waals surface area contributed by atoms with Gasteiger partial charge in [-0.2, -0.15) is 0 Å². The van der Waals surface area contributed by atoms with Gasteiger partial charge in [-0.1, -0.05) is 0 Å². The Morgan fingerprint density at radius 2 is 1.55 bits per heavy atom. The second-order valence-electron chi connectivity index (χ2n) is 7.28. The lowest BCUT2D eigenvalue weighted by Gasteiger charge is -2.47. The molecule has 0 radical (unpaired) electrons. The lowest BCUT2D eigenvalue weighted by molar-refractivity contribution is -0.336. The van der Waals surface area contributed by atoms with Crippen molar-refractivity contribution in [3.63, 3.8) is 0 Å². The summed E-state index contributed by atoms with van der Waals surface area (Å²) in [5.41, 5.74) is 5.26. The molecule has 0 aromatic carbocycles. The van der Waals surface area contributed by atoms with E-state index < -0.39 is 92.9 Å². The van der Waals surface area contributed by atoms with E-state index in [4.69, 9.17) is 24.7 Å². The molecule has 14 nitrogen and oxygen atoms in total. The molecule has 0 spiro atoms. The van der Waals surface area contributed by atoms with E-state index in [1.807, 2.05) is 0 Å². The van der Waals surface area contributed by atoms with Crippen molar-refractivity contribution in [1.82, 2.24) is 10.6 Å². The predicted molar refractivity (Wildman–Crippen MR) is 100.0 cm³/mol. The van der Waals surface area contributed by atoms with Gasteiger partial charge in [-0.05, 0) is 0 Å². The van der Waals surface area contributed by atoms with Gasteiger partial charge in [0.1, 0.15) is 42.7 Å². The lowest BCUT2D eigenvalue weighted by Crippen LogP contribution is -2.69. The van der Waals surface area contributed by atoms with Crippen LogP contribution in [0.2, 0.25) is 0 Å². The summed E-state index contributed by atoms with van der Waals surface area (Å²) < 4.78 is 21.7. The smallest absolute Gasteiger partial charge is 0.234 e. The summed E-state index contributed by atoms with van der Waals surface area (Å²) in [7, 11) is 1.29. The molecule has 2 aliphatic heterocycles. The maximum atomic E-state index is 11.7. The van der Waals surface area contributed by atoms with Crippen LogP contribution >= 0.6 is 0 Å². The van der Waals surface area contributed by atoms with Gasteiger partial charge in [0, 0.05) is 14.0 Å². The summed E-state index contributed by atoms with van der Waals surface area (Å²) in [6.45, 7) is -0.475. The molecule has 0 aromatic rings. The van der Waals surface area contributed by atoms with Crippen LogP contribution in [0, 0.1) is 0 Å². The van der Waals surface area contributed by atoms with Crippen LogP contribution in [0.1, 0.15) is 6.92 Å². The van der Waals surface area contributed by atoms with E-state index in [-0.39, 0.29) is 0 Å². The largest absolute Gasteiger partial charge is 0.394 e.